The van der Waals surface area contributed by atoms with Gasteiger partial charge in [0.2, 0.25) is 12.1 Å². The molecule has 0 fully saturated rings. The minimum absolute atomic E-state index is 0.217. The number of methoxy groups -OCH3 is 1. The molecule has 0 heterocycles. The van der Waals surface area contributed by atoms with E-state index in [9.17, 15) is 4.79 Å². The van der Waals surface area contributed by atoms with Gasteiger partial charge >= 0.3 is 0 Å². The first kappa shape index (κ1) is 9.70. The number of rotatable bonds is 3. The molecule has 70 valence electrons. The third-order valence-electron chi connectivity index (χ3n) is 1.59. The quantitative estimate of drug-likeness (QED) is 0.517. The highest BCUT2D eigenvalue weighted by molar-refractivity contribution is 5.98. The Morgan fingerprint density at radius 2 is 2.15 bits per heavy atom. The number of hydrogen-bond donors (Lipinski definition) is 2. The Hall–Kier alpha value is -1.39. The van der Waals surface area contributed by atoms with Gasteiger partial charge in [0.25, 0.3) is 0 Å². The lowest BCUT2D eigenvalue weighted by Gasteiger charge is -2.04. The molecule has 0 aliphatic rings. The Morgan fingerprint density at radius 1 is 1.46 bits per heavy atom. The van der Waals surface area contributed by atoms with Crippen LogP contribution in [-0.2, 0) is 0 Å². The maximum Gasteiger partial charge on any atom is 0.218 e. The summed E-state index contributed by atoms with van der Waals surface area (Å²) in [6.07, 6.45) is -1.97. The first-order valence-electron chi connectivity index (χ1n) is 3.69. The van der Waals surface area contributed by atoms with Crippen LogP contribution in [0.1, 0.15) is 10.4 Å². The van der Waals surface area contributed by atoms with Gasteiger partial charge in [0.1, 0.15) is 5.75 Å². The SMILES string of the molecule is COc1cccc(C(=O)C(O)O)c1. The summed E-state index contributed by atoms with van der Waals surface area (Å²) in [5, 5.41) is 17.2. The molecular weight excluding hydrogens is 172 g/mol. The normalized spacial score (nSPS) is 10.2. The van der Waals surface area contributed by atoms with Crippen molar-refractivity contribution in [3.8, 4) is 5.75 Å². The van der Waals surface area contributed by atoms with Gasteiger partial charge in [-0.25, -0.2) is 0 Å². The number of aliphatic hydroxyl groups is 2. The Kier molecular flexibility index (Phi) is 3.00. The molecule has 0 aromatic heterocycles. The number of Topliss-reactive ketones (excluding diaryl/α,β-unsaturated/α-hetero) is 1. The highest BCUT2D eigenvalue weighted by atomic mass is 16.5. The van der Waals surface area contributed by atoms with Gasteiger partial charge in [0, 0.05) is 5.56 Å². The van der Waals surface area contributed by atoms with Gasteiger partial charge in [-0.3, -0.25) is 4.79 Å². The second-order valence-electron chi connectivity index (χ2n) is 2.47. The third-order valence-corrected chi connectivity index (χ3v) is 1.59. The van der Waals surface area contributed by atoms with Crippen molar-refractivity contribution in [3.63, 3.8) is 0 Å². The van der Waals surface area contributed by atoms with E-state index in [1.54, 1.807) is 12.1 Å². The average molecular weight is 182 g/mol. The van der Waals surface area contributed by atoms with E-state index in [1.165, 1.54) is 19.2 Å². The van der Waals surface area contributed by atoms with Gasteiger partial charge in [-0.2, -0.15) is 0 Å². The fourth-order valence-electron chi connectivity index (χ4n) is 0.925. The molecule has 13 heavy (non-hydrogen) atoms. The van der Waals surface area contributed by atoms with Crippen molar-refractivity contribution in [3.05, 3.63) is 29.8 Å². The number of ether oxygens (including phenoxy) is 1. The van der Waals surface area contributed by atoms with Gasteiger partial charge in [-0.15, -0.1) is 0 Å². The first-order chi connectivity index (χ1) is 6.15. The summed E-state index contributed by atoms with van der Waals surface area (Å²) < 4.78 is 4.87. The van der Waals surface area contributed by atoms with Crippen molar-refractivity contribution in [1.82, 2.24) is 0 Å². The summed E-state index contributed by atoms with van der Waals surface area (Å²) in [7, 11) is 1.47. The summed E-state index contributed by atoms with van der Waals surface area (Å²) in [6.45, 7) is 0. The summed E-state index contributed by atoms with van der Waals surface area (Å²) in [5.41, 5.74) is 0.217. The topological polar surface area (TPSA) is 66.8 Å². The second-order valence-corrected chi connectivity index (χ2v) is 2.47. The molecule has 0 saturated heterocycles. The van der Waals surface area contributed by atoms with Crippen LogP contribution >= 0.6 is 0 Å². The Labute approximate surface area is 75.4 Å². The molecule has 0 spiro atoms. The van der Waals surface area contributed by atoms with Crippen LogP contribution in [0.25, 0.3) is 0 Å². The second kappa shape index (κ2) is 4.02. The summed E-state index contributed by atoms with van der Waals surface area (Å²) in [5.74, 6) is -0.231. The molecule has 0 bridgehead atoms. The molecule has 0 radical (unpaired) electrons. The van der Waals surface area contributed by atoms with Crippen LogP contribution in [0, 0.1) is 0 Å². The van der Waals surface area contributed by atoms with Crippen molar-refractivity contribution in [2.24, 2.45) is 0 Å². The Morgan fingerprint density at radius 3 is 2.69 bits per heavy atom. The molecule has 0 unspecified atom stereocenters. The largest absolute Gasteiger partial charge is 0.497 e. The molecule has 0 aliphatic heterocycles. The van der Waals surface area contributed by atoms with Gasteiger partial charge in [-0.1, -0.05) is 12.1 Å². The maximum absolute atomic E-state index is 11.1. The maximum atomic E-state index is 11.1. The predicted octanol–water partition coefficient (Wildman–Crippen LogP) is 0.189. The third kappa shape index (κ3) is 2.27. The zero-order valence-electron chi connectivity index (χ0n) is 7.10. The number of benzene rings is 1. The number of ketones is 1. The minimum Gasteiger partial charge on any atom is -0.497 e. The van der Waals surface area contributed by atoms with Gasteiger partial charge in [0.15, 0.2) is 0 Å². The fraction of sp³-hybridized carbons (Fsp3) is 0.222. The van der Waals surface area contributed by atoms with Crippen molar-refractivity contribution in [2.45, 2.75) is 6.29 Å². The summed E-state index contributed by atoms with van der Waals surface area (Å²) >= 11 is 0. The van der Waals surface area contributed by atoms with Crippen LogP contribution in [-0.4, -0.2) is 29.4 Å². The Balaban J connectivity index is 2.95. The number of carbonyl (C=O) groups is 1. The average Bonchev–Trinajstić information content (AvgIpc) is 2.16. The monoisotopic (exact) mass is 182 g/mol. The fourth-order valence-corrected chi connectivity index (χ4v) is 0.925. The van der Waals surface area contributed by atoms with Gasteiger partial charge in [-0.05, 0) is 12.1 Å². The standard InChI is InChI=1S/C9H10O4/c1-13-7-4-2-3-6(5-7)8(10)9(11)12/h2-5,9,11-12H,1H3. The lowest BCUT2D eigenvalue weighted by Crippen LogP contribution is -2.19. The van der Waals surface area contributed by atoms with Gasteiger partial charge in [0.05, 0.1) is 7.11 Å². The molecule has 4 nitrogen and oxygen atoms in total. The van der Waals surface area contributed by atoms with Crippen molar-refractivity contribution in [1.29, 1.82) is 0 Å². The Bertz CT molecular complexity index is 306. The molecule has 2 N–H and O–H groups in total. The minimum atomic E-state index is -1.97. The van der Waals surface area contributed by atoms with Crippen molar-refractivity contribution < 1.29 is 19.7 Å². The van der Waals surface area contributed by atoms with E-state index < -0.39 is 12.1 Å². The molecule has 1 aromatic carbocycles. The van der Waals surface area contributed by atoms with E-state index >= 15 is 0 Å². The highest BCUT2D eigenvalue weighted by Gasteiger charge is 2.13. The van der Waals surface area contributed by atoms with Crippen LogP contribution in [0.2, 0.25) is 0 Å². The van der Waals surface area contributed by atoms with Crippen LogP contribution in [0.15, 0.2) is 24.3 Å². The molecule has 0 atom stereocenters. The molecule has 0 aliphatic carbocycles. The predicted molar refractivity (Wildman–Crippen MR) is 45.6 cm³/mol. The molecule has 1 aromatic rings. The van der Waals surface area contributed by atoms with E-state index in [0.29, 0.717) is 5.75 Å². The van der Waals surface area contributed by atoms with Crippen molar-refractivity contribution >= 4 is 5.78 Å². The molecular formula is C9H10O4. The van der Waals surface area contributed by atoms with Crippen LogP contribution in [0.5, 0.6) is 5.75 Å². The molecule has 4 heteroatoms. The van der Waals surface area contributed by atoms with Crippen LogP contribution in [0.4, 0.5) is 0 Å². The van der Waals surface area contributed by atoms with E-state index in [0.717, 1.165) is 0 Å². The number of carbonyl (C=O) groups excluding carboxylic acids is 1. The highest BCUT2D eigenvalue weighted by Crippen LogP contribution is 2.13. The first-order valence-corrected chi connectivity index (χ1v) is 3.69. The lowest BCUT2D eigenvalue weighted by atomic mass is 10.1. The zero-order chi connectivity index (χ0) is 9.84. The molecule has 0 amide bonds. The van der Waals surface area contributed by atoms with E-state index in [-0.39, 0.29) is 5.56 Å². The van der Waals surface area contributed by atoms with Crippen LogP contribution in [0.3, 0.4) is 0 Å². The van der Waals surface area contributed by atoms with E-state index in [1.807, 2.05) is 0 Å². The number of aliphatic hydroxyl groups excluding tert-OH is 1. The zero-order valence-corrected chi connectivity index (χ0v) is 7.10. The lowest BCUT2D eigenvalue weighted by molar-refractivity contribution is -0.0195. The van der Waals surface area contributed by atoms with Crippen molar-refractivity contribution in [2.75, 3.05) is 7.11 Å². The number of hydrogen-bond acceptors (Lipinski definition) is 4. The van der Waals surface area contributed by atoms with Crippen LogP contribution < -0.4 is 4.74 Å². The van der Waals surface area contributed by atoms with E-state index in [4.69, 9.17) is 14.9 Å². The smallest absolute Gasteiger partial charge is 0.218 e. The summed E-state index contributed by atoms with van der Waals surface area (Å²) in [6, 6.07) is 6.21. The molecule has 0 saturated carbocycles. The van der Waals surface area contributed by atoms with E-state index in [2.05, 4.69) is 0 Å². The summed E-state index contributed by atoms with van der Waals surface area (Å²) in [4.78, 5) is 11.1. The molecule has 1 rings (SSSR count). The van der Waals surface area contributed by atoms with Gasteiger partial charge < -0.3 is 14.9 Å².